The molecule has 3 heteroatoms. The van der Waals surface area contributed by atoms with Crippen LogP contribution in [0.25, 0.3) is 0 Å². The minimum absolute atomic E-state index is 0.151. The third-order valence-corrected chi connectivity index (χ3v) is 3.29. The largest absolute Gasteiger partial charge is 0.333 e. The molecule has 0 N–H and O–H groups in total. The molecule has 0 saturated carbocycles. The third kappa shape index (κ3) is 2.81. The second-order valence-corrected chi connectivity index (χ2v) is 5.60. The molecule has 0 unspecified atom stereocenters. The Morgan fingerprint density at radius 3 is 2.07 bits per heavy atom. The lowest BCUT2D eigenvalue weighted by molar-refractivity contribution is 0.0649. The van der Waals surface area contributed by atoms with Crippen molar-refractivity contribution in [3.05, 3.63) is 21.9 Å². The van der Waals surface area contributed by atoms with Crippen LogP contribution in [0.1, 0.15) is 42.2 Å². The molecular weight excluding hydrogens is 206 g/mol. The van der Waals surface area contributed by atoms with E-state index in [0.717, 1.165) is 4.88 Å². The smallest absolute Gasteiger partial charge is 0.264 e. The average molecular weight is 225 g/mol. The second kappa shape index (κ2) is 4.79. The fourth-order valence-electron chi connectivity index (χ4n) is 1.74. The molecule has 0 fully saturated rings. The Bertz CT molecular complexity index is 333. The van der Waals surface area contributed by atoms with Gasteiger partial charge >= 0.3 is 0 Å². The maximum absolute atomic E-state index is 12.2. The van der Waals surface area contributed by atoms with Crippen molar-refractivity contribution in [3.63, 3.8) is 0 Å². The Balaban J connectivity index is 2.91. The summed E-state index contributed by atoms with van der Waals surface area (Å²) in [4.78, 5) is 16.1. The van der Waals surface area contributed by atoms with E-state index in [2.05, 4.69) is 27.7 Å². The minimum Gasteiger partial charge on any atom is -0.333 e. The quantitative estimate of drug-likeness (QED) is 0.773. The zero-order chi connectivity index (χ0) is 11.6. The molecule has 84 valence electrons. The molecule has 0 atom stereocenters. The molecule has 0 aliphatic heterocycles. The fraction of sp³-hybridized carbons (Fsp3) is 0.583. The molecule has 0 aliphatic carbocycles. The summed E-state index contributed by atoms with van der Waals surface area (Å²) >= 11 is 1.57. The van der Waals surface area contributed by atoms with Crippen LogP contribution < -0.4 is 0 Å². The Kier molecular flexibility index (Phi) is 3.91. The zero-order valence-electron chi connectivity index (χ0n) is 10.1. The van der Waals surface area contributed by atoms with Gasteiger partial charge in [-0.25, -0.2) is 0 Å². The predicted molar refractivity (Wildman–Crippen MR) is 65.5 cm³/mol. The summed E-state index contributed by atoms with van der Waals surface area (Å²) in [6.45, 7) is 10.2. The first-order chi connectivity index (χ1) is 6.93. The van der Waals surface area contributed by atoms with Gasteiger partial charge in [-0.3, -0.25) is 4.79 Å². The highest BCUT2D eigenvalue weighted by molar-refractivity contribution is 7.13. The molecule has 0 radical (unpaired) electrons. The third-order valence-electron chi connectivity index (χ3n) is 2.30. The second-order valence-electron chi connectivity index (χ2n) is 4.31. The minimum atomic E-state index is 0.151. The van der Waals surface area contributed by atoms with E-state index in [1.54, 1.807) is 11.3 Å². The van der Waals surface area contributed by atoms with E-state index >= 15 is 0 Å². The molecule has 15 heavy (non-hydrogen) atoms. The normalized spacial score (nSPS) is 11.1. The molecule has 1 aromatic rings. The van der Waals surface area contributed by atoms with Gasteiger partial charge in [-0.05, 0) is 46.8 Å². The van der Waals surface area contributed by atoms with E-state index in [0.29, 0.717) is 0 Å². The van der Waals surface area contributed by atoms with Crippen molar-refractivity contribution in [1.82, 2.24) is 4.90 Å². The number of amides is 1. The Hall–Kier alpha value is -0.830. The first-order valence-electron chi connectivity index (χ1n) is 5.32. The molecule has 0 bridgehead atoms. The average Bonchev–Trinajstić information content (AvgIpc) is 2.50. The highest BCUT2D eigenvalue weighted by Gasteiger charge is 2.22. The number of hydrogen-bond donors (Lipinski definition) is 0. The van der Waals surface area contributed by atoms with Gasteiger partial charge in [0, 0.05) is 17.0 Å². The van der Waals surface area contributed by atoms with Crippen LogP contribution in [0.4, 0.5) is 0 Å². The highest BCUT2D eigenvalue weighted by Crippen LogP contribution is 2.19. The Morgan fingerprint density at radius 1 is 1.20 bits per heavy atom. The van der Waals surface area contributed by atoms with Crippen LogP contribution in [0.2, 0.25) is 0 Å². The zero-order valence-corrected chi connectivity index (χ0v) is 10.9. The van der Waals surface area contributed by atoms with Gasteiger partial charge in [-0.1, -0.05) is 0 Å². The number of thiophene rings is 1. The summed E-state index contributed by atoms with van der Waals surface area (Å²) in [5.74, 6) is 0.151. The van der Waals surface area contributed by atoms with E-state index in [1.807, 2.05) is 24.0 Å². The molecule has 2 nitrogen and oxygen atoms in total. The fourth-order valence-corrected chi connectivity index (χ4v) is 2.55. The molecule has 0 saturated heterocycles. The number of aryl methyl sites for hydroxylation is 1. The summed E-state index contributed by atoms with van der Waals surface area (Å²) < 4.78 is 0. The van der Waals surface area contributed by atoms with E-state index in [4.69, 9.17) is 0 Å². The molecular formula is C12H19NOS. The number of rotatable bonds is 3. The molecule has 1 heterocycles. The maximum Gasteiger partial charge on any atom is 0.264 e. The van der Waals surface area contributed by atoms with Gasteiger partial charge in [-0.2, -0.15) is 0 Å². The van der Waals surface area contributed by atoms with Gasteiger partial charge in [0.05, 0.1) is 4.88 Å². The van der Waals surface area contributed by atoms with Crippen molar-refractivity contribution in [3.8, 4) is 0 Å². The summed E-state index contributed by atoms with van der Waals surface area (Å²) in [5, 5.41) is 0. The van der Waals surface area contributed by atoms with Crippen molar-refractivity contribution in [2.45, 2.75) is 46.7 Å². The van der Waals surface area contributed by atoms with Crippen molar-refractivity contribution >= 4 is 17.2 Å². The number of carbonyl (C=O) groups excluding carboxylic acids is 1. The molecule has 1 rings (SSSR count). The molecule has 0 aromatic carbocycles. The SMILES string of the molecule is Cc1ccc(C(=O)N(C(C)C)C(C)C)s1. The van der Waals surface area contributed by atoms with Crippen LogP contribution in [0.15, 0.2) is 12.1 Å². The standard InChI is InChI=1S/C12H19NOS/c1-8(2)13(9(3)4)12(14)11-7-6-10(5)15-11/h6-9H,1-5H3. The predicted octanol–water partition coefficient (Wildman–Crippen LogP) is 3.32. The highest BCUT2D eigenvalue weighted by atomic mass is 32.1. The number of hydrogen-bond acceptors (Lipinski definition) is 2. The van der Waals surface area contributed by atoms with E-state index < -0.39 is 0 Å². The summed E-state index contributed by atoms with van der Waals surface area (Å²) in [5.41, 5.74) is 0. The van der Waals surface area contributed by atoms with Gasteiger partial charge in [0.1, 0.15) is 0 Å². The van der Waals surface area contributed by atoms with Gasteiger partial charge in [0.2, 0.25) is 0 Å². The summed E-state index contributed by atoms with van der Waals surface area (Å²) in [6, 6.07) is 4.41. The first kappa shape index (κ1) is 12.2. The van der Waals surface area contributed by atoms with Gasteiger partial charge < -0.3 is 4.90 Å². The molecule has 0 spiro atoms. The van der Waals surface area contributed by atoms with Crippen LogP contribution in [-0.2, 0) is 0 Å². The monoisotopic (exact) mass is 225 g/mol. The molecule has 0 aliphatic rings. The summed E-state index contributed by atoms with van der Waals surface area (Å²) in [6.07, 6.45) is 0. The molecule has 1 amide bonds. The van der Waals surface area contributed by atoms with Crippen molar-refractivity contribution in [1.29, 1.82) is 0 Å². The van der Waals surface area contributed by atoms with Crippen LogP contribution in [0, 0.1) is 6.92 Å². The van der Waals surface area contributed by atoms with Crippen LogP contribution in [-0.4, -0.2) is 22.9 Å². The number of carbonyl (C=O) groups is 1. The van der Waals surface area contributed by atoms with E-state index in [9.17, 15) is 4.79 Å². The topological polar surface area (TPSA) is 20.3 Å². The van der Waals surface area contributed by atoms with Gasteiger partial charge in [0.25, 0.3) is 5.91 Å². The summed E-state index contributed by atoms with van der Waals surface area (Å²) in [7, 11) is 0. The Labute approximate surface area is 95.9 Å². The van der Waals surface area contributed by atoms with Crippen LogP contribution in [0.3, 0.4) is 0 Å². The van der Waals surface area contributed by atoms with Crippen molar-refractivity contribution < 1.29 is 4.79 Å². The van der Waals surface area contributed by atoms with Gasteiger partial charge in [0.15, 0.2) is 0 Å². The van der Waals surface area contributed by atoms with Crippen molar-refractivity contribution in [2.75, 3.05) is 0 Å². The van der Waals surface area contributed by atoms with E-state index in [-0.39, 0.29) is 18.0 Å². The lowest BCUT2D eigenvalue weighted by Crippen LogP contribution is -2.41. The van der Waals surface area contributed by atoms with Gasteiger partial charge in [-0.15, -0.1) is 11.3 Å². The van der Waals surface area contributed by atoms with Crippen LogP contribution >= 0.6 is 11.3 Å². The van der Waals surface area contributed by atoms with E-state index in [1.165, 1.54) is 4.88 Å². The van der Waals surface area contributed by atoms with Crippen LogP contribution in [0.5, 0.6) is 0 Å². The number of nitrogens with zero attached hydrogens (tertiary/aromatic N) is 1. The maximum atomic E-state index is 12.2. The van der Waals surface area contributed by atoms with Crippen molar-refractivity contribution in [2.24, 2.45) is 0 Å². The lowest BCUT2D eigenvalue weighted by atomic mass is 10.2. The lowest BCUT2D eigenvalue weighted by Gasteiger charge is -2.30. The molecule has 1 aromatic heterocycles. The Morgan fingerprint density at radius 2 is 1.73 bits per heavy atom. The first-order valence-corrected chi connectivity index (χ1v) is 6.14.